The van der Waals surface area contributed by atoms with E-state index in [1.807, 2.05) is 64.8 Å². The van der Waals surface area contributed by atoms with Crippen molar-refractivity contribution in [3.05, 3.63) is 0 Å². The first kappa shape index (κ1) is 102. The molecule has 0 unspecified atom stereocenters. The van der Waals surface area contributed by atoms with Gasteiger partial charge < -0.3 is 181 Å². The van der Waals surface area contributed by atoms with E-state index in [1.165, 1.54) is 4.90 Å². The van der Waals surface area contributed by atoms with Gasteiger partial charge in [-0.25, -0.2) is 0 Å². The van der Waals surface area contributed by atoms with Gasteiger partial charge in [-0.15, -0.1) is 0 Å². The number of rotatable bonds is 49. The molecule has 6 amide bonds. The number of amides is 6. The zero-order chi connectivity index (χ0) is 86.6. The molecule has 6 heterocycles. The Bertz CT molecular complexity index is 2880. The fourth-order valence-electron chi connectivity index (χ4n) is 14.2. The lowest BCUT2D eigenvalue weighted by atomic mass is 9.81. The Kier molecular flexibility index (Phi) is 44.3. The molecule has 30 atom stereocenters. The van der Waals surface area contributed by atoms with E-state index < -0.39 is 266 Å². The third-order valence-electron chi connectivity index (χ3n) is 21.4. The third kappa shape index (κ3) is 31.0. The number of nitrogens with zero attached hydrogens (tertiary/aromatic N) is 1. The fourth-order valence-corrected chi connectivity index (χ4v) is 27.7. The molecule has 119 heavy (non-hydrogen) atoms. The van der Waals surface area contributed by atoms with Gasteiger partial charge in [0.05, 0.1) is 75.1 Å². The van der Waals surface area contributed by atoms with Crippen LogP contribution in [0, 0.1) is 11.8 Å². The van der Waals surface area contributed by atoms with E-state index >= 15 is 0 Å². The molecular weight excluding hydrogens is 1710 g/mol. The standard InChI is InChI=1S/C70H121N7O36S6/c78-25-33-20-35(50(90)56(96)48(33)88)108-64-54(94)39(29-104-66-60(100)58(98)52(92)37(27-80)110-66)112-68(62(64)102)106-31-75-42(83)13-5-2-9-17-73-45(86)23-77(22-44(85)72-16-8-1-4-12-41(82)71-19-11-7-15-47-114-116-70(117-115-47)118-119-70)24-46(87)74-18-10-3-6-14-43(84)76-32-107-69-63(103)65(109-36-21-34(26-79)49(89)57(97)51(36)91)55(95)40(113-69)30-105-67-61(101)59(99)53(93)38(28-81)111-67/h33-40,47-69,78-81,88-103H,1-32H2,(H,71,82)(H,72,85)(H,73,86)(H,74,87)(H,75,83)(H,76,84)/t33-,34-,35+,36+,37-,38-,39-,40-,48-,49-,50-,51-,52-,53-,54-,55-,56+,57+,58+,59+,60+,61+,62+,63+,64+,65+,66+,67+,68+,69+/m1/s1. The number of ether oxygens (including phenoxy) is 10. The van der Waals surface area contributed by atoms with E-state index in [2.05, 4.69) is 31.9 Å². The molecule has 8 fully saturated rings. The fraction of sp³-hybridized carbons (Fsp3) is 0.914. The highest BCUT2D eigenvalue weighted by Crippen LogP contribution is 2.84. The normalized spacial score (nSPS) is 36.7. The predicted molar refractivity (Wildman–Crippen MR) is 423 cm³/mol. The number of nitrogens with one attached hydrogen (secondary N) is 6. The summed E-state index contributed by atoms with van der Waals surface area (Å²) in [4.78, 5) is 80.1. The van der Waals surface area contributed by atoms with Gasteiger partial charge in [0.15, 0.2) is 27.9 Å². The predicted octanol–water partition coefficient (Wildman–Crippen LogP) is -8.88. The van der Waals surface area contributed by atoms with Crippen molar-refractivity contribution in [1.82, 2.24) is 36.8 Å². The van der Waals surface area contributed by atoms with Crippen LogP contribution in [0.3, 0.4) is 0 Å². The molecule has 8 rings (SSSR count). The third-order valence-corrected chi connectivity index (χ3v) is 35.3. The van der Waals surface area contributed by atoms with Crippen LogP contribution in [0.15, 0.2) is 0 Å². The maximum Gasteiger partial charge on any atom is 0.234 e. The van der Waals surface area contributed by atoms with E-state index in [1.54, 1.807) is 0 Å². The first-order valence-corrected chi connectivity index (χ1v) is 46.6. The van der Waals surface area contributed by atoms with Gasteiger partial charge in [0.25, 0.3) is 0 Å². The van der Waals surface area contributed by atoms with Gasteiger partial charge >= 0.3 is 0 Å². The van der Waals surface area contributed by atoms with Crippen LogP contribution in [-0.4, -0.2) is 420 Å². The molecule has 2 aliphatic carbocycles. The molecule has 43 nitrogen and oxygen atoms in total. The minimum absolute atomic E-state index is 0.0447. The maximum absolute atomic E-state index is 13.4. The molecule has 0 bridgehead atoms. The van der Waals surface area contributed by atoms with Crippen molar-refractivity contribution in [2.24, 2.45) is 11.8 Å². The summed E-state index contributed by atoms with van der Waals surface area (Å²) in [5, 5.41) is 227. The van der Waals surface area contributed by atoms with Gasteiger partial charge in [0.2, 0.25) is 35.4 Å². The molecule has 2 saturated carbocycles. The van der Waals surface area contributed by atoms with Crippen molar-refractivity contribution in [2.45, 2.75) is 288 Å². The van der Waals surface area contributed by atoms with E-state index in [0.29, 0.717) is 75.3 Å². The highest BCUT2D eigenvalue weighted by molar-refractivity contribution is 9.14. The van der Waals surface area contributed by atoms with E-state index in [0.717, 1.165) is 19.3 Å². The molecule has 0 aromatic carbocycles. The van der Waals surface area contributed by atoms with Gasteiger partial charge in [-0.05, 0) is 92.2 Å². The molecule has 8 aliphatic rings. The molecule has 0 aromatic heterocycles. The average molecular weight is 1830 g/mol. The Morgan fingerprint density at radius 3 is 1.03 bits per heavy atom. The van der Waals surface area contributed by atoms with E-state index in [-0.39, 0.29) is 73.6 Å². The lowest BCUT2D eigenvalue weighted by Gasteiger charge is -2.46. The largest absolute Gasteiger partial charge is 0.396 e. The van der Waals surface area contributed by atoms with Crippen LogP contribution in [0.5, 0.6) is 0 Å². The van der Waals surface area contributed by atoms with Crippen molar-refractivity contribution < 1.29 is 178 Å². The number of aliphatic hydroxyl groups excluding tert-OH is 20. The van der Waals surface area contributed by atoms with Crippen LogP contribution in [0.2, 0.25) is 0 Å². The summed E-state index contributed by atoms with van der Waals surface area (Å²) >= 11 is 0. The molecule has 0 aromatic rings. The molecule has 688 valence electrons. The smallest absolute Gasteiger partial charge is 0.234 e. The molecule has 49 heteroatoms. The van der Waals surface area contributed by atoms with E-state index in [4.69, 9.17) is 47.4 Å². The van der Waals surface area contributed by atoms with Gasteiger partial charge in [0.1, 0.15) is 136 Å². The van der Waals surface area contributed by atoms with Crippen molar-refractivity contribution in [3.63, 3.8) is 0 Å². The minimum atomic E-state index is -1.88. The number of carbonyl (C=O) groups is 6. The summed E-state index contributed by atoms with van der Waals surface area (Å²) in [6.07, 6.45) is -40.4. The zero-order valence-electron chi connectivity index (χ0n) is 65.4. The molecule has 1 spiro atoms. The first-order valence-electron chi connectivity index (χ1n) is 40.0. The second-order valence-corrected chi connectivity index (χ2v) is 40.1. The molecule has 6 saturated heterocycles. The van der Waals surface area contributed by atoms with Crippen LogP contribution in [0.1, 0.15) is 109 Å². The second-order valence-electron chi connectivity index (χ2n) is 30.4. The van der Waals surface area contributed by atoms with Crippen molar-refractivity contribution >= 4 is 100 Å². The highest BCUT2D eigenvalue weighted by Gasteiger charge is 2.56. The van der Waals surface area contributed by atoms with E-state index in [9.17, 15) is 131 Å². The highest BCUT2D eigenvalue weighted by atomic mass is 33.2. The van der Waals surface area contributed by atoms with Gasteiger partial charge in [0, 0.05) is 70.5 Å². The van der Waals surface area contributed by atoms with Crippen molar-refractivity contribution in [2.75, 3.05) is 98.9 Å². The number of hydrogen-bond donors (Lipinski definition) is 26. The Morgan fingerprint density at radius 2 is 0.672 bits per heavy atom. The Morgan fingerprint density at radius 1 is 0.336 bits per heavy atom. The summed E-state index contributed by atoms with van der Waals surface area (Å²) in [6, 6.07) is 0. The Balaban J connectivity index is 0.756. The Labute approximate surface area is 710 Å². The molecular formula is C70H121N7O36S6. The Hall–Kier alpha value is -2.32. The first-order chi connectivity index (χ1) is 56.9. The topological polar surface area (TPSA) is 675 Å². The summed E-state index contributed by atoms with van der Waals surface area (Å²) in [5.74, 6) is -4.58. The number of hydrogen-bond acceptors (Lipinski definition) is 43. The van der Waals surface area contributed by atoms with Crippen LogP contribution in [-0.2, 0) is 76.1 Å². The number of carbonyl (C=O) groups excluding carboxylic acids is 6. The second kappa shape index (κ2) is 51.6. The monoisotopic (exact) mass is 1830 g/mol. The number of aliphatic hydroxyl groups is 20. The average Bonchev–Trinajstić information content (AvgIpc) is 1.64. The summed E-state index contributed by atoms with van der Waals surface area (Å²) in [6.45, 7) is -5.32. The lowest BCUT2D eigenvalue weighted by molar-refractivity contribution is -0.340. The summed E-state index contributed by atoms with van der Waals surface area (Å²) in [5.41, 5.74) is 0. The SMILES string of the molecule is O=C(CCCCCNC(=O)CN(CC(=O)NCCCCCC(=O)NCO[C@H]1O[C@H](CO[C@H]2O[C@H](CO)[C@@H](O)[C@H](O)[C@@H]2O)[C@@H](O)[C@H](O[C@H]2C[C@H](CO)[C@@H](O)[C@H](O)[C@@H]2O)[C@@H]1O)CC(=O)NCCCCCC(=O)NCO[C@H]1O[C@H](CO[C@H]2O[C@H](CO)[C@@H](O)[C@H](O)[C@@H]2O)[C@@H](O)[C@H](O[C@H]2C[C@H](CO)[C@@H](O)[C@H](O)[C@@H]2O)[C@@H]1O)NCCCCC1SSC2(SS1)SS2. The van der Waals surface area contributed by atoms with Gasteiger partial charge in [-0.3, -0.25) is 33.7 Å². The molecule has 26 N–H and O–H groups in total. The molecule has 6 aliphatic heterocycles. The quantitative estimate of drug-likeness (QED) is 0.0116. The minimum Gasteiger partial charge on any atom is -0.396 e. The van der Waals surface area contributed by atoms with Crippen LogP contribution in [0.25, 0.3) is 0 Å². The molecule has 0 radical (unpaired) electrons. The van der Waals surface area contributed by atoms with Gasteiger partial charge in [-0.2, -0.15) is 0 Å². The lowest BCUT2D eigenvalue weighted by Crippen LogP contribution is -2.64. The van der Waals surface area contributed by atoms with Crippen LogP contribution < -0.4 is 31.9 Å². The van der Waals surface area contributed by atoms with Crippen molar-refractivity contribution in [3.8, 4) is 0 Å². The van der Waals surface area contributed by atoms with Crippen LogP contribution >= 0.6 is 64.8 Å². The summed E-state index contributed by atoms with van der Waals surface area (Å²) in [7, 11) is 11.5. The van der Waals surface area contributed by atoms with Crippen LogP contribution in [0.4, 0.5) is 0 Å². The maximum atomic E-state index is 13.4. The van der Waals surface area contributed by atoms with Crippen molar-refractivity contribution in [1.29, 1.82) is 0 Å². The number of unbranched alkanes of at least 4 members (excludes halogenated alkanes) is 7. The summed E-state index contributed by atoms with van der Waals surface area (Å²) < 4.78 is 57.6. The van der Waals surface area contributed by atoms with Gasteiger partial charge in [-0.1, -0.05) is 62.4 Å². The zero-order valence-corrected chi connectivity index (χ0v) is 70.3.